The molecule has 1 heterocycles. The highest BCUT2D eigenvalue weighted by atomic mass is 16.6. The van der Waals surface area contributed by atoms with E-state index in [1.54, 1.807) is 17.0 Å². The van der Waals surface area contributed by atoms with E-state index >= 15 is 0 Å². The SMILES string of the molecule is CCc1[nH]ncc1C(=O)N(CC)Cc1cccc([N+](=O)[O-])c1. The van der Waals surface area contributed by atoms with Crippen LogP contribution < -0.4 is 0 Å². The van der Waals surface area contributed by atoms with Gasteiger partial charge in [0.15, 0.2) is 0 Å². The molecule has 0 saturated carbocycles. The van der Waals surface area contributed by atoms with E-state index in [2.05, 4.69) is 10.2 Å². The van der Waals surface area contributed by atoms with Gasteiger partial charge in [0.05, 0.1) is 16.7 Å². The summed E-state index contributed by atoms with van der Waals surface area (Å²) in [5.41, 5.74) is 2.10. The maximum absolute atomic E-state index is 12.6. The molecule has 1 aromatic heterocycles. The minimum absolute atomic E-state index is 0.0264. The standard InChI is InChI=1S/C15H18N4O3/c1-3-14-13(9-16-17-14)15(20)18(4-2)10-11-6-5-7-12(8-11)19(21)22/h5-9H,3-4,10H2,1-2H3,(H,16,17). The van der Waals surface area contributed by atoms with E-state index < -0.39 is 4.92 Å². The number of nitrogens with one attached hydrogen (secondary N) is 1. The molecule has 1 N–H and O–H groups in total. The summed E-state index contributed by atoms with van der Waals surface area (Å²) in [6, 6.07) is 6.33. The maximum atomic E-state index is 12.6. The second kappa shape index (κ2) is 6.84. The quantitative estimate of drug-likeness (QED) is 0.655. The second-order valence-electron chi connectivity index (χ2n) is 4.86. The van der Waals surface area contributed by atoms with Crippen molar-refractivity contribution in [3.63, 3.8) is 0 Å². The van der Waals surface area contributed by atoms with Gasteiger partial charge in [-0.2, -0.15) is 5.10 Å². The van der Waals surface area contributed by atoms with Gasteiger partial charge in [-0.25, -0.2) is 0 Å². The fraction of sp³-hybridized carbons (Fsp3) is 0.333. The number of benzene rings is 1. The van der Waals surface area contributed by atoms with Gasteiger partial charge in [0.1, 0.15) is 0 Å². The zero-order chi connectivity index (χ0) is 16.1. The molecule has 1 aromatic carbocycles. The molecule has 0 saturated heterocycles. The Hall–Kier alpha value is -2.70. The van der Waals surface area contributed by atoms with Crippen LogP contribution in [0.1, 0.15) is 35.5 Å². The van der Waals surface area contributed by atoms with Crippen LogP contribution in [0.25, 0.3) is 0 Å². The molecule has 7 nitrogen and oxygen atoms in total. The number of nitro groups is 1. The van der Waals surface area contributed by atoms with Gasteiger partial charge in [-0.15, -0.1) is 0 Å². The van der Waals surface area contributed by atoms with E-state index in [9.17, 15) is 14.9 Å². The predicted molar refractivity (Wildman–Crippen MR) is 81.5 cm³/mol. The third-order valence-electron chi connectivity index (χ3n) is 3.47. The molecule has 0 aliphatic heterocycles. The summed E-state index contributed by atoms with van der Waals surface area (Å²) in [4.78, 5) is 24.6. The molecule has 0 bridgehead atoms. The number of non-ortho nitro benzene ring substituents is 1. The fourth-order valence-corrected chi connectivity index (χ4v) is 2.25. The van der Waals surface area contributed by atoms with Crippen molar-refractivity contribution in [1.29, 1.82) is 0 Å². The van der Waals surface area contributed by atoms with Crippen molar-refractivity contribution in [2.75, 3.05) is 6.54 Å². The van der Waals surface area contributed by atoms with Crippen molar-refractivity contribution in [3.8, 4) is 0 Å². The van der Waals surface area contributed by atoms with E-state index in [1.165, 1.54) is 18.3 Å². The summed E-state index contributed by atoms with van der Waals surface area (Å²) in [6.07, 6.45) is 2.21. The number of carbonyl (C=O) groups is 1. The molecule has 0 fully saturated rings. The van der Waals surface area contributed by atoms with Crippen molar-refractivity contribution < 1.29 is 9.72 Å². The van der Waals surface area contributed by atoms with Gasteiger partial charge in [-0.1, -0.05) is 19.1 Å². The maximum Gasteiger partial charge on any atom is 0.269 e. The lowest BCUT2D eigenvalue weighted by atomic mass is 10.1. The van der Waals surface area contributed by atoms with Crippen LogP contribution in [0, 0.1) is 10.1 Å². The molecule has 7 heteroatoms. The van der Waals surface area contributed by atoms with Crippen molar-refractivity contribution in [1.82, 2.24) is 15.1 Å². The molecular formula is C15H18N4O3. The van der Waals surface area contributed by atoms with Crippen LogP contribution in [0.3, 0.4) is 0 Å². The normalized spacial score (nSPS) is 10.5. The molecule has 2 rings (SSSR count). The van der Waals surface area contributed by atoms with Crippen LogP contribution in [0.5, 0.6) is 0 Å². The van der Waals surface area contributed by atoms with Gasteiger partial charge in [-0.05, 0) is 18.9 Å². The summed E-state index contributed by atoms with van der Waals surface area (Å²) in [6.45, 7) is 4.66. The van der Waals surface area contributed by atoms with Crippen LogP contribution in [0.15, 0.2) is 30.5 Å². The van der Waals surface area contributed by atoms with E-state index in [1.807, 2.05) is 13.8 Å². The van der Waals surface area contributed by atoms with Crippen molar-refractivity contribution in [3.05, 3.63) is 57.4 Å². The Morgan fingerprint density at radius 1 is 1.41 bits per heavy atom. The number of nitro benzene ring substituents is 1. The minimum Gasteiger partial charge on any atom is -0.334 e. The number of amides is 1. The molecule has 1 amide bonds. The van der Waals surface area contributed by atoms with Crippen LogP contribution in [0.2, 0.25) is 0 Å². The zero-order valence-electron chi connectivity index (χ0n) is 12.6. The molecule has 0 aliphatic rings. The number of hydrogen-bond acceptors (Lipinski definition) is 4. The molecule has 0 unspecified atom stereocenters. The Morgan fingerprint density at radius 3 is 2.82 bits per heavy atom. The number of aromatic amines is 1. The first-order valence-electron chi connectivity index (χ1n) is 7.11. The van der Waals surface area contributed by atoms with Gasteiger partial charge in [0.2, 0.25) is 0 Å². The Labute approximate surface area is 128 Å². The van der Waals surface area contributed by atoms with Gasteiger partial charge in [0, 0.05) is 30.9 Å². The first-order valence-corrected chi connectivity index (χ1v) is 7.11. The lowest BCUT2D eigenvalue weighted by Crippen LogP contribution is -2.30. The average molecular weight is 302 g/mol. The highest BCUT2D eigenvalue weighted by molar-refractivity contribution is 5.95. The molecule has 2 aromatic rings. The van der Waals surface area contributed by atoms with Crippen LogP contribution in [0.4, 0.5) is 5.69 Å². The van der Waals surface area contributed by atoms with Gasteiger partial charge >= 0.3 is 0 Å². The largest absolute Gasteiger partial charge is 0.334 e. The number of hydrogen-bond donors (Lipinski definition) is 1. The lowest BCUT2D eigenvalue weighted by Gasteiger charge is -2.20. The Kier molecular flexibility index (Phi) is 4.88. The summed E-state index contributed by atoms with van der Waals surface area (Å²) >= 11 is 0. The monoisotopic (exact) mass is 302 g/mol. The van der Waals surface area contributed by atoms with Crippen LogP contribution >= 0.6 is 0 Å². The molecule has 0 spiro atoms. The molecule has 0 atom stereocenters. The van der Waals surface area contributed by atoms with Crippen LogP contribution in [-0.2, 0) is 13.0 Å². The Morgan fingerprint density at radius 2 is 2.18 bits per heavy atom. The average Bonchev–Trinajstić information content (AvgIpc) is 3.00. The minimum atomic E-state index is -0.438. The first-order chi connectivity index (χ1) is 10.6. The summed E-state index contributed by atoms with van der Waals surface area (Å²) in [7, 11) is 0. The molecule has 22 heavy (non-hydrogen) atoms. The number of rotatable bonds is 6. The summed E-state index contributed by atoms with van der Waals surface area (Å²) in [5.74, 6) is -0.125. The van der Waals surface area contributed by atoms with Gasteiger partial charge in [0.25, 0.3) is 11.6 Å². The highest BCUT2D eigenvalue weighted by Crippen LogP contribution is 2.17. The first kappa shape index (κ1) is 15.7. The second-order valence-corrected chi connectivity index (χ2v) is 4.86. The highest BCUT2D eigenvalue weighted by Gasteiger charge is 2.19. The third kappa shape index (κ3) is 3.30. The molecule has 0 aliphatic carbocycles. The molecular weight excluding hydrogens is 284 g/mol. The number of aromatic nitrogens is 2. The number of aryl methyl sites for hydroxylation is 1. The number of nitrogens with zero attached hydrogens (tertiary/aromatic N) is 3. The topological polar surface area (TPSA) is 92.1 Å². The van der Waals surface area contributed by atoms with Gasteiger partial charge < -0.3 is 4.90 Å². The van der Waals surface area contributed by atoms with Gasteiger partial charge in [-0.3, -0.25) is 20.0 Å². The smallest absolute Gasteiger partial charge is 0.269 e. The van der Waals surface area contributed by atoms with Crippen molar-refractivity contribution in [2.24, 2.45) is 0 Å². The van der Waals surface area contributed by atoms with Crippen LogP contribution in [-0.4, -0.2) is 32.5 Å². The van der Waals surface area contributed by atoms with Crippen molar-refractivity contribution >= 4 is 11.6 Å². The number of H-pyrrole nitrogens is 1. The summed E-state index contributed by atoms with van der Waals surface area (Å²) < 4.78 is 0. The van der Waals surface area contributed by atoms with E-state index in [0.717, 1.165) is 11.3 Å². The molecule has 116 valence electrons. The number of carbonyl (C=O) groups excluding carboxylic acids is 1. The van der Waals surface area contributed by atoms with E-state index in [4.69, 9.17) is 0 Å². The predicted octanol–water partition coefficient (Wildman–Crippen LogP) is 2.54. The third-order valence-corrected chi connectivity index (χ3v) is 3.47. The van der Waals surface area contributed by atoms with E-state index in [0.29, 0.717) is 25.1 Å². The lowest BCUT2D eigenvalue weighted by molar-refractivity contribution is -0.384. The zero-order valence-corrected chi connectivity index (χ0v) is 12.6. The van der Waals surface area contributed by atoms with E-state index in [-0.39, 0.29) is 11.6 Å². The Balaban J connectivity index is 2.20. The van der Waals surface area contributed by atoms with Crippen molar-refractivity contribution in [2.45, 2.75) is 26.8 Å². The fourth-order valence-electron chi connectivity index (χ4n) is 2.25. The Bertz CT molecular complexity index is 681. The molecule has 0 radical (unpaired) electrons. The summed E-state index contributed by atoms with van der Waals surface area (Å²) in [5, 5.41) is 17.6.